The number of rotatable bonds is 18. The second-order valence-electron chi connectivity index (χ2n) is 34.3. The van der Waals surface area contributed by atoms with Crippen LogP contribution in [-0.2, 0) is 71.1 Å². The van der Waals surface area contributed by atoms with Crippen LogP contribution in [-0.4, -0.2) is 356 Å². The van der Waals surface area contributed by atoms with Crippen LogP contribution in [0.25, 0.3) is 0 Å². The molecule has 35 nitrogen and oxygen atoms in total. The summed E-state index contributed by atoms with van der Waals surface area (Å²) in [6, 6.07) is 0. The first kappa shape index (κ1) is 83.3. The Morgan fingerprint density at radius 2 is 0.943 bits per heavy atom. The summed E-state index contributed by atoms with van der Waals surface area (Å²) in [5.74, 6) is -0.894. The Bertz CT molecular complexity index is 3000. The highest BCUT2D eigenvalue weighted by Crippen LogP contribution is 2.76. The Labute approximate surface area is 613 Å². The van der Waals surface area contributed by atoms with Crippen LogP contribution in [0.3, 0.4) is 0 Å². The highest BCUT2D eigenvalue weighted by molar-refractivity contribution is 5.79. The molecule has 11 fully saturated rings. The fourth-order valence-electron chi connectivity index (χ4n) is 20.4. The molecule has 0 bridgehead atoms. The number of aliphatic hydroxyl groups is 20. The number of hydrogen-bond donors (Lipinski definition) is 20. The molecular weight excluding hydrogens is 1410 g/mol. The van der Waals surface area contributed by atoms with Crippen molar-refractivity contribution in [3.63, 3.8) is 0 Å². The molecule has 106 heavy (non-hydrogen) atoms. The molecule has 5 aliphatic carbocycles. The summed E-state index contributed by atoms with van der Waals surface area (Å²) < 4.78 is 84.2. The molecule has 610 valence electrons. The lowest BCUT2D eigenvalue weighted by molar-refractivity contribution is -0.391. The minimum absolute atomic E-state index is 0.000454. The molecule has 0 aromatic carbocycles. The van der Waals surface area contributed by atoms with Gasteiger partial charge < -0.3 is 168 Å². The zero-order valence-corrected chi connectivity index (χ0v) is 61.2. The number of ether oxygens (including phenoxy) is 14. The van der Waals surface area contributed by atoms with Crippen LogP contribution >= 0.6 is 0 Å². The van der Waals surface area contributed by atoms with E-state index >= 15 is 4.79 Å². The molecule has 0 spiro atoms. The highest BCUT2D eigenvalue weighted by atomic mass is 16.8. The van der Waals surface area contributed by atoms with E-state index in [2.05, 4.69) is 54.5 Å². The van der Waals surface area contributed by atoms with Crippen LogP contribution in [0.2, 0.25) is 0 Å². The molecule has 12 aliphatic rings. The molecule has 0 aromatic rings. The van der Waals surface area contributed by atoms with Gasteiger partial charge in [0.1, 0.15) is 153 Å². The first-order valence-corrected chi connectivity index (χ1v) is 37.5. The van der Waals surface area contributed by atoms with Gasteiger partial charge in [-0.1, -0.05) is 60.1 Å². The normalized spacial score (nSPS) is 54.6. The largest absolute Gasteiger partial charge is 0.432 e. The lowest BCUT2D eigenvalue weighted by Crippen LogP contribution is -2.67. The summed E-state index contributed by atoms with van der Waals surface area (Å²) in [6.07, 6.45) is -49.6. The van der Waals surface area contributed by atoms with Crippen molar-refractivity contribution in [2.24, 2.45) is 50.2 Å². The van der Waals surface area contributed by atoms with Gasteiger partial charge >= 0.3 is 5.97 Å². The lowest BCUT2D eigenvalue weighted by Gasteiger charge is -2.71. The van der Waals surface area contributed by atoms with Crippen molar-refractivity contribution < 1.29 is 173 Å². The standard InChI is InChI=1S/C71H116O35/c1-26-38(75)44(81)49(86)59(95-26)103-55-32(23-74)99-58(53(90)48(55)85)93-24-33-42(79)47(84)52(89)62(100-33)106-65(92)71-18-16-66(3,4)20-29(71)28-10-11-36-68(7)14-13-37(67(5,6)35(68)12-15-70(36,9)69(28,8)17-19-71)102-64-57(43(80)34(25-94-64)101-60-50(87)45(82)40(77)30(21-72)97-60)105-63-54(91)56(39(76)27(2)96-63)104-61-51(88)46(83)41(78)31(22-73)98-61/h10,26-27,29-64,72-91H,11-25H2,1-9H3/t26-,27-,29-,30-,31-,32-,33-,34+,35-,36+,37-,38-,39-,40-,41-,42-,43+,44+,45+,46+,47+,48-,49+,50-,51-,52-,53-,54+,55-,56+,57-,58-,59-,60+,61+,62+,63-,64+,68-,69+,70+,71-/m0/s1. The number of carbonyl (C=O) groups excluding carboxylic acids is 1. The predicted octanol–water partition coefficient (Wildman–Crippen LogP) is -5.87. The fourth-order valence-corrected chi connectivity index (χ4v) is 20.4. The smallest absolute Gasteiger partial charge is 0.315 e. The summed E-state index contributed by atoms with van der Waals surface area (Å²) in [6.45, 7) is 14.9. The van der Waals surface area contributed by atoms with Gasteiger partial charge in [0.05, 0.1) is 56.8 Å². The molecule has 42 atom stereocenters. The quantitative estimate of drug-likeness (QED) is 0.0345. The first-order chi connectivity index (χ1) is 49.7. The van der Waals surface area contributed by atoms with Crippen LogP contribution in [0.5, 0.6) is 0 Å². The second-order valence-corrected chi connectivity index (χ2v) is 34.3. The third kappa shape index (κ3) is 14.6. The SMILES string of the molecule is C[C@@H]1O[C@@H](O[C@@H]2[C@@H](O)[C@H](O)[C@@H](OC[C@@H]3O[C@H](OC(=O)[C@]45CCC(C)(C)C[C@H]4C4=CC[C@@H]6[C@@]7(C)CC[C@H](O[C@H]8OC[C@@H](O[C@H]9O[C@@H](CO)[C@H](O)[C@@H](O)[C@@H]9O)[C@@H](O)[C@@H]8O[C@@H]8O[C@@H](C)[C@H](O)[C@@H](O[C@H]9O[C@@H](CO)[C@H](O)[C@@H](O)[C@@H]9O)[C@H]8O)C(C)(C)[C@@H]7CC[C@@]6(C)[C@]4(C)CC5)[C@@H](O)[C@H](O)[C@H]3O)O[C@H]2CO)[C@H](O)[C@H](O)[C@H]1O. The third-order valence-electron chi connectivity index (χ3n) is 27.3. The zero-order valence-electron chi connectivity index (χ0n) is 61.2. The number of fused-ring (bicyclic) bond motifs is 7. The monoisotopic (exact) mass is 1530 g/mol. The average molecular weight is 1530 g/mol. The van der Waals surface area contributed by atoms with Crippen LogP contribution in [0.1, 0.15) is 127 Å². The van der Waals surface area contributed by atoms with Crippen LogP contribution in [0.4, 0.5) is 0 Å². The molecule has 20 N–H and O–H groups in total. The number of allylic oxidation sites excluding steroid dienone is 2. The van der Waals surface area contributed by atoms with Gasteiger partial charge in [0.15, 0.2) is 37.7 Å². The van der Waals surface area contributed by atoms with E-state index in [-0.39, 0.29) is 34.0 Å². The van der Waals surface area contributed by atoms with Gasteiger partial charge in [-0.25, -0.2) is 0 Å². The lowest BCUT2D eigenvalue weighted by atomic mass is 9.33. The van der Waals surface area contributed by atoms with Crippen LogP contribution in [0.15, 0.2) is 11.6 Å². The first-order valence-electron chi connectivity index (χ1n) is 37.5. The van der Waals surface area contributed by atoms with Crippen molar-refractivity contribution in [2.45, 2.75) is 341 Å². The molecule has 0 unspecified atom stereocenters. The number of aliphatic hydroxyl groups excluding tert-OH is 20. The van der Waals surface area contributed by atoms with Crippen LogP contribution < -0.4 is 0 Å². The van der Waals surface area contributed by atoms with E-state index in [1.807, 2.05) is 0 Å². The van der Waals surface area contributed by atoms with Gasteiger partial charge in [-0.3, -0.25) is 4.79 Å². The molecule has 7 aliphatic heterocycles. The molecule has 4 saturated carbocycles. The van der Waals surface area contributed by atoms with Gasteiger partial charge in [-0.2, -0.15) is 0 Å². The Kier molecular flexibility index (Phi) is 24.8. The Hall–Kier alpha value is -2.11. The molecule has 35 heteroatoms. The van der Waals surface area contributed by atoms with E-state index < -0.39 is 270 Å². The average Bonchev–Trinajstić information content (AvgIpc) is 0.674. The third-order valence-corrected chi connectivity index (χ3v) is 27.3. The minimum atomic E-state index is -1.96. The molecule has 0 radical (unpaired) electrons. The van der Waals surface area contributed by atoms with Gasteiger partial charge in [0.25, 0.3) is 0 Å². The van der Waals surface area contributed by atoms with Gasteiger partial charge in [0, 0.05) is 0 Å². The molecule has 0 amide bonds. The van der Waals surface area contributed by atoms with E-state index in [4.69, 9.17) is 66.3 Å². The van der Waals surface area contributed by atoms with Gasteiger partial charge in [-0.05, 0) is 123 Å². The molecular formula is C71H116O35. The number of carbonyl (C=O) groups is 1. The Morgan fingerprint density at radius 3 is 1.56 bits per heavy atom. The van der Waals surface area contributed by atoms with Crippen LogP contribution in [0, 0.1) is 50.2 Å². The summed E-state index contributed by atoms with van der Waals surface area (Å²) in [5.41, 5.74) is -1.95. The molecule has 12 rings (SSSR count). The maximum Gasteiger partial charge on any atom is 0.315 e. The van der Waals surface area contributed by atoms with E-state index in [1.54, 1.807) is 0 Å². The van der Waals surface area contributed by atoms with E-state index in [0.717, 1.165) is 18.4 Å². The van der Waals surface area contributed by atoms with Gasteiger partial charge in [-0.15, -0.1) is 0 Å². The van der Waals surface area contributed by atoms with E-state index in [0.29, 0.717) is 51.4 Å². The van der Waals surface area contributed by atoms with E-state index in [1.165, 1.54) is 13.8 Å². The highest BCUT2D eigenvalue weighted by Gasteiger charge is 2.71. The van der Waals surface area contributed by atoms with Crippen molar-refractivity contribution in [3.8, 4) is 0 Å². The number of hydrogen-bond acceptors (Lipinski definition) is 35. The second kappa shape index (κ2) is 31.6. The van der Waals surface area contributed by atoms with Crippen molar-refractivity contribution in [2.75, 3.05) is 33.0 Å². The zero-order chi connectivity index (χ0) is 77.3. The predicted molar refractivity (Wildman–Crippen MR) is 352 cm³/mol. The molecule has 0 aromatic heterocycles. The summed E-state index contributed by atoms with van der Waals surface area (Å²) in [7, 11) is 0. The topological polar surface area (TPSA) is 551 Å². The summed E-state index contributed by atoms with van der Waals surface area (Å²) in [4.78, 5) is 15.4. The maximum absolute atomic E-state index is 15.4. The Balaban J connectivity index is 0.744. The molecule has 7 heterocycles. The van der Waals surface area contributed by atoms with Crippen molar-refractivity contribution in [3.05, 3.63) is 11.6 Å². The van der Waals surface area contributed by atoms with Gasteiger partial charge in [0.2, 0.25) is 6.29 Å². The Morgan fingerprint density at radius 1 is 0.443 bits per heavy atom. The van der Waals surface area contributed by atoms with Crippen molar-refractivity contribution >= 4 is 5.97 Å². The van der Waals surface area contributed by atoms with Crippen molar-refractivity contribution in [1.82, 2.24) is 0 Å². The maximum atomic E-state index is 15.4. The summed E-state index contributed by atoms with van der Waals surface area (Å²) in [5, 5.41) is 218. The fraction of sp³-hybridized carbons (Fsp3) is 0.958. The number of esters is 1. The van der Waals surface area contributed by atoms with E-state index in [9.17, 15) is 102 Å². The van der Waals surface area contributed by atoms with Crippen molar-refractivity contribution in [1.29, 1.82) is 0 Å². The minimum Gasteiger partial charge on any atom is -0.432 e. The molecule has 7 saturated heterocycles. The summed E-state index contributed by atoms with van der Waals surface area (Å²) >= 11 is 0.